The number of pyridine rings is 1. The number of cyclic esters (lactones) is 2. The molecule has 1 aromatic heterocycles. The molecule has 5 aliphatic rings. The number of esters is 9. The van der Waals surface area contributed by atoms with Crippen LogP contribution in [0.1, 0.15) is 104 Å². The first kappa shape index (κ1) is 50.4. The molecule has 0 unspecified atom stereocenters. The summed E-state index contributed by atoms with van der Waals surface area (Å²) in [4.78, 5) is 143. The molecule has 366 valence electrons. The Morgan fingerprint density at radius 3 is 2.00 bits per heavy atom. The number of rotatable bonds is 6. The van der Waals surface area contributed by atoms with E-state index in [-0.39, 0.29) is 17.7 Å². The Labute approximate surface area is 384 Å². The zero-order valence-corrected chi connectivity index (χ0v) is 38.7. The van der Waals surface area contributed by atoms with Crippen LogP contribution in [0, 0.1) is 29.1 Å². The van der Waals surface area contributed by atoms with Gasteiger partial charge in [0.2, 0.25) is 0 Å². The molecule has 0 radical (unpaired) electrons. The van der Waals surface area contributed by atoms with Gasteiger partial charge < -0.3 is 52.5 Å². The third kappa shape index (κ3) is 8.50. The molecule has 2 spiro atoms. The standard InChI is InChI=1S/C45H55NO21/c1-19-13-14-28(51)27(16-29(52)58-10)41(56)60-18-44-36(63-24(6)49)32(65-38(19)53)30-34(62-23(5)48)45(44)43(9,57)35(33(61-22(4)47)37(44)64-25(7)50)66-39(54)21(3)20(2)31-26(12-11-15-46-31)40(55)59-17-42(30,8)67-45/h11-12,15,19-21,27,30,32-37,57H,13-14,16-18H2,1-10H3/t19-,20+,21-,27+,30+,32+,33-,34+,35-,36+,37-,42-,43-,44+,45-/m0/s1. The molecule has 3 aliphatic heterocycles. The molecule has 15 atom stereocenters. The number of hydrogen-bond donors (Lipinski definition) is 1. The van der Waals surface area contributed by atoms with Gasteiger partial charge in [-0.2, -0.15) is 0 Å². The van der Waals surface area contributed by atoms with E-state index in [0.29, 0.717) is 0 Å². The lowest BCUT2D eigenvalue weighted by atomic mass is 9.45. The third-order valence-corrected chi connectivity index (χ3v) is 13.8. The van der Waals surface area contributed by atoms with E-state index in [4.69, 9.17) is 47.4 Å². The molecule has 2 saturated carbocycles. The Morgan fingerprint density at radius 1 is 0.776 bits per heavy atom. The van der Waals surface area contributed by atoms with E-state index >= 15 is 0 Å². The SMILES string of the molecule is COC(=O)C[C@@H]1C(=O)CC[C@H](C)C(=O)O[C@@H]2[C@@H]3[C@@H](OC(C)=O)[C@@]45O[C@@]3(C)COC(=O)c3cccnc3[C@H](C)[C@H](C)C(=O)O[C@@H]([C@H](OC(C)=O)[C@H](OC(C)=O)[C@@]4(COC1=O)[C@@H]2OC(C)=O)[C@]5(C)O. The summed E-state index contributed by atoms with van der Waals surface area (Å²) in [7, 11) is 1.01. The lowest BCUT2D eigenvalue weighted by Crippen LogP contribution is -2.89. The predicted octanol–water partition coefficient (Wildman–Crippen LogP) is 1.17. The Kier molecular flexibility index (Phi) is 14.0. The summed E-state index contributed by atoms with van der Waals surface area (Å²) in [6.45, 7) is 8.31. The fourth-order valence-corrected chi connectivity index (χ4v) is 10.6. The Morgan fingerprint density at radius 2 is 1.39 bits per heavy atom. The minimum Gasteiger partial charge on any atom is -0.469 e. The van der Waals surface area contributed by atoms with E-state index in [9.17, 15) is 53.1 Å². The molecule has 6 bridgehead atoms. The fraction of sp³-hybridized carbons (Fsp3) is 0.667. The van der Waals surface area contributed by atoms with Crippen molar-refractivity contribution in [1.29, 1.82) is 0 Å². The highest BCUT2D eigenvalue weighted by Crippen LogP contribution is 2.70. The second-order valence-corrected chi connectivity index (χ2v) is 18.2. The first-order valence-electron chi connectivity index (χ1n) is 21.7. The van der Waals surface area contributed by atoms with Crippen LogP contribution in [0.5, 0.6) is 0 Å². The average Bonchev–Trinajstić information content (AvgIpc) is 3.47. The molecule has 22 heteroatoms. The van der Waals surface area contributed by atoms with Crippen LogP contribution >= 0.6 is 0 Å². The molecule has 1 aromatic rings. The van der Waals surface area contributed by atoms with Crippen LogP contribution in [0.3, 0.4) is 0 Å². The minimum absolute atomic E-state index is 0.0891. The van der Waals surface area contributed by atoms with Crippen molar-refractivity contribution >= 4 is 59.5 Å². The molecule has 4 heterocycles. The van der Waals surface area contributed by atoms with Crippen molar-refractivity contribution < 1.29 is 100 Å². The molecule has 0 amide bonds. The highest BCUT2D eigenvalue weighted by molar-refractivity contribution is 6.01. The van der Waals surface area contributed by atoms with E-state index in [1.807, 2.05) is 0 Å². The van der Waals surface area contributed by atoms with E-state index in [2.05, 4.69) is 4.98 Å². The molecule has 2 saturated heterocycles. The molecule has 4 fully saturated rings. The Balaban J connectivity index is 1.81. The van der Waals surface area contributed by atoms with Crippen LogP contribution in [-0.2, 0) is 90.5 Å². The van der Waals surface area contributed by atoms with Crippen molar-refractivity contribution in [1.82, 2.24) is 4.98 Å². The van der Waals surface area contributed by atoms with E-state index in [1.165, 1.54) is 39.1 Å². The fourth-order valence-electron chi connectivity index (χ4n) is 10.6. The Bertz CT molecular complexity index is 2240. The molecule has 22 nitrogen and oxygen atoms in total. The van der Waals surface area contributed by atoms with Gasteiger partial charge in [-0.25, -0.2) is 4.79 Å². The van der Waals surface area contributed by atoms with E-state index in [0.717, 1.165) is 41.7 Å². The largest absolute Gasteiger partial charge is 0.469 e. The molecule has 0 aromatic carbocycles. The summed E-state index contributed by atoms with van der Waals surface area (Å²) in [6.07, 6.45) is -13.2. The summed E-state index contributed by atoms with van der Waals surface area (Å²) >= 11 is 0. The number of ketones is 1. The highest BCUT2D eigenvalue weighted by Gasteiger charge is 2.92. The zero-order valence-electron chi connectivity index (χ0n) is 38.7. The van der Waals surface area contributed by atoms with Crippen molar-refractivity contribution in [3.63, 3.8) is 0 Å². The summed E-state index contributed by atoms with van der Waals surface area (Å²) in [5.74, 6) is -17.9. The maximum atomic E-state index is 14.6. The van der Waals surface area contributed by atoms with Gasteiger partial charge in [-0.1, -0.05) is 20.8 Å². The summed E-state index contributed by atoms with van der Waals surface area (Å²) in [6, 6.07) is 2.84. The number of carbonyl (C=O) groups is 10. The van der Waals surface area contributed by atoms with Crippen LogP contribution in [0.4, 0.5) is 0 Å². The second-order valence-electron chi connectivity index (χ2n) is 18.2. The number of fused-ring (bicyclic) bond motifs is 7. The predicted molar refractivity (Wildman–Crippen MR) is 217 cm³/mol. The lowest BCUT2D eigenvalue weighted by molar-refractivity contribution is -0.387. The maximum Gasteiger partial charge on any atom is 0.340 e. The van der Waals surface area contributed by atoms with Gasteiger partial charge >= 0.3 is 53.7 Å². The van der Waals surface area contributed by atoms with Crippen LogP contribution in [0.15, 0.2) is 18.3 Å². The summed E-state index contributed by atoms with van der Waals surface area (Å²) in [5, 5.41) is 13.7. The quantitative estimate of drug-likeness (QED) is 0.238. The van der Waals surface area contributed by atoms with Crippen LogP contribution < -0.4 is 0 Å². The first-order valence-corrected chi connectivity index (χ1v) is 21.7. The van der Waals surface area contributed by atoms with Crippen molar-refractivity contribution in [3.05, 3.63) is 29.6 Å². The van der Waals surface area contributed by atoms with Gasteiger partial charge in [-0.15, -0.1) is 0 Å². The number of hydrogen-bond acceptors (Lipinski definition) is 22. The van der Waals surface area contributed by atoms with Crippen molar-refractivity contribution in [2.24, 2.45) is 29.1 Å². The number of Topliss-reactive ketones (excluding diaryl/α,β-unsaturated/α-hetero) is 1. The third-order valence-electron chi connectivity index (χ3n) is 13.8. The van der Waals surface area contributed by atoms with Gasteiger partial charge in [0.05, 0.1) is 42.5 Å². The van der Waals surface area contributed by atoms with Crippen molar-refractivity contribution in [3.8, 4) is 0 Å². The minimum atomic E-state index is -2.98. The molecular formula is C45H55NO21. The first-order chi connectivity index (χ1) is 31.3. The monoisotopic (exact) mass is 945 g/mol. The number of carbonyl (C=O) groups excluding carboxylic acids is 10. The maximum absolute atomic E-state index is 14.6. The molecule has 6 rings (SSSR count). The summed E-state index contributed by atoms with van der Waals surface area (Å²) in [5.41, 5.74) is -11.0. The van der Waals surface area contributed by atoms with Gasteiger partial charge in [-0.05, 0) is 32.4 Å². The Hall–Kier alpha value is -6.03. The number of aromatic nitrogens is 1. The van der Waals surface area contributed by atoms with Crippen molar-refractivity contribution in [2.45, 2.75) is 141 Å². The topological polar surface area (TPSA) is 296 Å². The van der Waals surface area contributed by atoms with E-state index in [1.54, 1.807) is 6.92 Å². The molecule has 2 aliphatic carbocycles. The normalized spacial score (nSPS) is 38.6. The van der Waals surface area contributed by atoms with Gasteiger partial charge in [0.1, 0.15) is 53.7 Å². The molecule has 1 N–H and O–H groups in total. The van der Waals surface area contributed by atoms with Gasteiger partial charge in [0, 0.05) is 46.2 Å². The zero-order chi connectivity index (χ0) is 49.7. The van der Waals surface area contributed by atoms with Crippen LogP contribution in [-0.4, -0.2) is 143 Å². The average molecular weight is 946 g/mol. The van der Waals surface area contributed by atoms with Crippen LogP contribution in [0.25, 0.3) is 0 Å². The van der Waals surface area contributed by atoms with E-state index < -0.39 is 174 Å². The smallest absolute Gasteiger partial charge is 0.340 e. The summed E-state index contributed by atoms with van der Waals surface area (Å²) < 4.78 is 60.5. The highest BCUT2D eigenvalue weighted by atomic mass is 16.7. The number of nitrogens with zero attached hydrogens (tertiary/aromatic N) is 1. The number of aliphatic hydroxyl groups is 1. The van der Waals surface area contributed by atoms with Crippen LogP contribution in [0.2, 0.25) is 0 Å². The molecule has 67 heavy (non-hydrogen) atoms. The second kappa shape index (κ2) is 18.6. The van der Waals surface area contributed by atoms with Gasteiger partial charge in [0.15, 0.2) is 30.0 Å². The van der Waals surface area contributed by atoms with Crippen molar-refractivity contribution in [2.75, 3.05) is 20.3 Å². The number of ether oxygens (including phenoxy) is 10. The molecular weight excluding hydrogens is 890 g/mol. The lowest BCUT2D eigenvalue weighted by Gasteiger charge is -2.67. The van der Waals surface area contributed by atoms with Gasteiger partial charge in [-0.3, -0.25) is 48.1 Å². The number of methoxy groups -OCH3 is 1. The van der Waals surface area contributed by atoms with Gasteiger partial charge in [0.25, 0.3) is 0 Å².